The van der Waals surface area contributed by atoms with Crippen LogP contribution in [0, 0.1) is 0 Å². The number of urea groups is 1. The Morgan fingerprint density at radius 3 is 2.50 bits per heavy atom. The van der Waals surface area contributed by atoms with Crippen molar-refractivity contribution < 1.29 is 14.7 Å². The van der Waals surface area contributed by atoms with E-state index in [-0.39, 0.29) is 0 Å². The first-order valence-electron chi connectivity index (χ1n) is 5.76. The number of pyridine rings is 1. The van der Waals surface area contributed by atoms with Crippen molar-refractivity contribution in [1.29, 1.82) is 0 Å². The molecular formula is C12H17N3O3. The molecule has 0 fully saturated rings. The number of carbonyl (C=O) groups is 2. The van der Waals surface area contributed by atoms with E-state index in [0.29, 0.717) is 18.5 Å². The van der Waals surface area contributed by atoms with Crippen LogP contribution in [0.15, 0.2) is 24.5 Å². The summed E-state index contributed by atoms with van der Waals surface area (Å²) in [5.74, 6) is -1.03. The standard InChI is InChI=1S/C12H17N3O3/c1-3-12(4-2,10(16)17)15-11(18)14-9-6-5-7-13-8-9/h5-8H,3-4H2,1-2H3,(H,16,17)(H2,14,15,18). The molecule has 98 valence electrons. The van der Waals surface area contributed by atoms with Crippen LogP contribution in [0.5, 0.6) is 0 Å². The average molecular weight is 251 g/mol. The molecule has 0 atom stereocenters. The lowest BCUT2D eigenvalue weighted by atomic mass is 9.93. The van der Waals surface area contributed by atoms with E-state index in [4.69, 9.17) is 0 Å². The lowest BCUT2D eigenvalue weighted by Crippen LogP contribution is -2.54. The number of anilines is 1. The number of carbonyl (C=O) groups excluding carboxylic acids is 1. The van der Waals surface area contributed by atoms with Crippen molar-refractivity contribution in [2.75, 3.05) is 5.32 Å². The lowest BCUT2D eigenvalue weighted by Gasteiger charge is -2.27. The first-order chi connectivity index (χ1) is 8.54. The second-order valence-corrected chi connectivity index (χ2v) is 3.92. The molecular weight excluding hydrogens is 234 g/mol. The van der Waals surface area contributed by atoms with Gasteiger partial charge in [-0.15, -0.1) is 0 Å². The van der Waals surface area contributed by atoms with Crippen LogP contribution in [-0.2, 0) is 4.79 Å². The van der Waals surface area contributed by atoms with Crippen LogP contribution in [0.1, 0.15) is 26.7 Å². The van der Waals surface area contributed by atoms with Gasteiger partial charge in [-0.1, -0.05) is 13.8 Å². The highest BCUT2D eigenvalue weighted by atomic mass is 16.4. The summed E-state index contributed by atoms with van der Waals surface area (Å²) < 4.78 is 0. The van der Waals surface area contributed by atoms with E-state index in [1.54, 1.807) is 32.2 Å². The van der Waals surface area contributed by atoms with Gasteiger partial charge in [-0.3, -0.25) is 4.98 Å². The van der Waals surface area contributed by atoms with Crippen LogP contribution in [0.3, 0.4) is 0 Å². The number of carboxylic acid groups (broad SMARTS) is 1. The Kier molecular flexibility index (Phi) is 4.65. The van der Waals surface area contributed by atoms with Gasteiger partial charge in [-0.25, -0.2) is 9.59 Å². The fourth-order valence-corrected chi connectivity index (χ4v) is 1.60. The quantitative estimate of drug-likeness (QED) is 0.744. The molecule has 0 saturated carbocycles. The minimum absolute atomic E-state index is 0.319. The molecule has 0 saturated heterocycles. The topological polar surface area (TPSA) is 91.3 Å². The van der Waals surface area contributed by atoms with Gasteiger partial charge in [0.2, 0.25) is 0 Å². The van der Waals surface area contributed by atoms with E-state index >= 15 is 0 Å². The smallest absolute Gasteiger partial charge is 0.329 e. The van der Waals surface area contributed by atoms with Crippen molar-refractivity contribution in [1.82, 2.24) is 10.3 Å². The van der Waals surface area contributed by atoms with Gasteiger partial charge >= 0.3 is 12.0 Å². The molecule has 1 aromatic rings. The van der Waals surface area contributed by atoms with Crippen molar-refractivity contribution in [3.63, 3.8) is 0 Å². The monoisotopic (exact) mass is 251 g/mol. The number of amides is 2. The van der Waals surface area contributed by atoms with Crippen molar-refractivity contribution in [2.24, 2.45) is 0 Å². The van der Waals surface area contributed by atoms with Gasteiger partial charge in [-0.2, -0.15) is 0 Å². The molecule has 0 aliphatic heterocycles. The normalized spacial score (nSPS) is 10.8. The van der Waals surface area contributed by atoms with E-state index in [2.05, 4.69) is 15.6 Å². The second-order valence-electron chi connectivity index (χ2n) is 3.92. The number of nitrogens with zero attached hydrogens (tertiary/aromatic N) is 1. The summed E-state index contributed by atoms with van der Waals surface area (Å²) in [6.45, 7) is 3.45. The maximum Gasteiger partial charge on any atom is 0.329 e. The van der Waals surface area contributed by atoms with E-state index < -0.39 is 17.5 Å². The van der Waals surface area contributed by atoms with E-state index in [1.807, 2.05) is 0 Å². The SMILES string of the molecule is CCC(CC)(NC(=O)Nc1cccnc1)C(=O)O. The van der Waals surface area contributed by atoms with Crippen LogP contribution < -0.4 is 10.6 Å². The van der Waals surface area contributed by atoms with Crippen LogP contribution in [0.25, 0.3) is 0 Å². The predicted octanol–water partition coefficient (Wildman–Crippen LogP) is 1.85. The zero-order valence-corrected chi connectivity index (χ0v) is 10.4. The largest absolute Gasteiger partial charge is 0.480 e. The molecule has 6 nitrogen and oxygen atoms in total. The Morgan fingerprint density at radius 2 is 2.06 bits per heavy atom. The summed E-state index contributed by atoms with van der Waals surface area (Å²) in [6.07, 6.45) is 3.71. The third kappa shape index (κ3) is 3.19. The van der Waals surface area contributed by atoms with Crippen molar-refractivity contribution in [2.45, 2.75) is 32.2 Å². The van der Waals surface area contributed by atoms with Gasteiger partial charge < -0.3 is 15.7 Å². The van der Waals surface area contributed by atoms with Gasteiger partial charge in [0.15, 0.2) is 0 Å². The van der Waals surface area contributed by atoms with Crippen molar-refractivity contribution >= 4 is 17.7 Å². The number of aromatic nitrogens is 1. The second kappa shape index (κ2) is 6.00. The van der Waals surface area contributed by atoms with Gasteiger partial charge in [0.25, 0.3) is 0 Å². The zero-order chi connectivity index (χ0) is 13.6. The van der Waals surface area contributed by atoms with E-state index in [0.717, 1.165) is 0 Å². The molecule has 1 aromatic heterocycles. The van der Waals surface area contributed by atoms with Crippen LogP contribution >= 0.6 is 0 Å². The number of hydrogen-bond acceptors (Lipinski definition) is 3. The number of aliphatic carboxylic acids is 1. The minimum Gasteiger partial charge on any atom is -0.480 e. The highest BCUT2D eigenvalue weighted by molar-refractivity contribution is 5.93. The summed E-state index contributed by atoms with van der Waals surface area (Å²) in [6, 6.07) is 2.81. The molecule has 0 spiro atoms. The number of hydrogen-bond donors (Lipinski definition) is 3. The maximum atomic E-state index is 11.7. The lowest BCUT2D eigenvalue weighted by molar-refractivity contribution is -0.144. The van der Waals surface area contributed by atoms with Gasteiger partial charge in [0.05, 0.1) is 11.9 Å². The molecule has 3 N–H and O–H groups in total. The zero-order valence-electron chi connectivity index (χ0n) is 10.4. The highest BCUT2D eigenvalue weighted by Gasteiger charge is 2.36. The Hall–Kier alpha value is -2.11. The molecule has 0 aromatic carbocycles. The Morgan fingerprint density at radius 1 is 1.39 bits per heavy atom. The molecule has 0 unspecified atom stereocenters. The van der Waals surface area contributed by atoms with Crippen LogP contribution in [0.2, 0.25) is 0 Å². The Bertz CT molecular complexity index is 416. The summed E-state index contributed by atoms with van der Waals surface area (Å²) in [5, 5.41) is 14.2. The average Bonchev–Trinajstić information content (AvgIpc) is 2.37. The summed E-state index contributed by atoms with van der Waals surface area (Å²) in [7, 11) is 0. The molecule has 0 bridgehead atoms. The van der Waals surface area contributed by atoms with Gasteiger partial charge in [-0.05, 0) is 25.0 Å². The summed E-state index contributed by atoms with van der Waals surface area (Å²) in [5.41, 5.74) is -0.715. The van der Waals surface area contributed by atoms with Crippen molar-refractivity contribution in [3.05, 3.63) is 24.5 Å². The molecule has 1 rings (SSSR count). The van der Waals surface area contributed by atoms with Gasteiger partial charge in [0.1, 0.15) is 5.54 Å². The van der Waals surface area contributed by atoms with Crippen molar-refractivity contribution in [3.8, 4) is 0 Å². The maximum absolute atomic E-state index is 11.7. The predicted molar refractivity (Wildman–Crippen MR) is 67.3 cm³/mol. The molecule has 1 heterocycles. The Labute approximate surface area is 105 Å². The first kappa shape index (κ1) is 14.0. The molecule has 0 aliphatic rings. The van der Waals surface area contributed by atoms with Gasteiger partial charge in [0, 0.05) is 6.20 Å². The van der Waals surface area contributed by atoms with E-state index in [9.17, 15) is 14.7 Å². The molecule has 18 heavy (non-hydrogen) atoms. The summed E-state index contributed by atoms with van der Waals surface area (Å²) in [4.78, 5) is 26.8. The number of carboxylic acids is 1. The number of nitrogens with one attached hydrogen (secondary N) is 2. The highest BCUT2D eigenvalue weighted by Crippen LogP contribution is 2.15. The van der Waals surface area contributed by atoms with Crippen LogP contribution in [0.4, 0.5) is 10.5 Å². The summed E-state index contributed by atoms with van der Waals surface area (Å²) >= 11 is 0. The third-order valence-corrected chi connectivity index (χ3v) is 2.89. The Balaban J connectivity index is 2.71. The van der Waals surface area contributed by atoms with E-state index in [1.165, 1.54) is 6.20 Å². The fraction of sp³-hybridized carbons (Fsp3) is 0.417. The third-order valence-electron chi connectivity index (χ3n) is 2.89. The molecule has 0 aliphatic carbocycles. The molecule has 6 heteroatoms. The molecule has 0 radical (unpaired) electrons. The van der Waals surface area contributed by atoms with Crippen LogP contribution in [-0.4, -0.2) is 27.6 Å². The fourth-order valence-electron chi connectivity index (χ4n) is 1.60. The minimum atomic E-state index is -1.23. The number of rotatable bonds is 5. The first-order valence-corrected chi connectivity index (χ1v) is 5.76. The molecule has 2 amide bonds.